The first-order valence-corrected chi connectivity index (χ1v) is 8.88. The molecule has 5 nitrogen and oxygen atoms in total. The van der Waals surface area contributed by atoms with Gasteiger partial charge in [0, 0.05) is 38.3 Å². The van der Waals surface area contributed by atoms with Crippen LogP contribution in [0.1, 0.15) is 26.2 Å². The molecule has 19 heavy (non-hydrogen) atoms. The molecule has 0 atom stereocenters. The predicted molar refractivity (Wildman–Crippen MR) is 77.7 cm³/mol. The van der Waals surface area contributed by atoms with Crippen LogP contribution in [0.5, 0.6) is 0 Å². The van der Waals surface area contributed by atoms with E-state index in [0.717, 1.165) is 32.5 Å². The number of hydrogen-bond acceptors (Lipinski definition) is 4. The molecule has 0 aromatic rings. The zero-order valence-electron chi connectivity index (χ0n) is 12.4. The highest BCUT2D eigenvalue weighted by Crippen LogP contribution is 2.32. The molecule has 0 N–H and O–H groups in total. The first-order valence-electron chi connectivity index (χ1n) is 7.27. The fourth-order valence-electron chi connectivity index (χ4n) is 3.37. The van der Waals surface area contributed by atoms with Crippen molar-refractivity contribution < 1.29 is 8.42 Å². The monoisotopic (exact) mass is 289 g/mol. The summed E-state index contributed by atoms with van der Waals surface area (Å²) in [5, 5.41) is 0. The lowest BCUT2D eigenvalue weighted by atomic mass is 9.84. The molecule has 2 rings (SSSR count). The van der Waals surface area contributed by atoms with Crippen LogP contribution in [0.15, 0.2) is 0 Å². The third-order valence-corrected chi connectivity index (χ3v) is 6.78. The van der Waals surface area contributed by atoms with Crippen LogP contribution in [0, 0.1) is 0 Å². The molecule has 2 aliphatic heterocycles. The summed E-state index contributed by atoms with van der Waals surface area (Å²) in [5.41, 5.74) is 0.186. The van der Waals surface area contributed by atoms with E-state index in [9.17, 15) is 8.42 Å². The highest BCUT2D eigenvalue weighted by atomic mass is 32.2. The number of hydrogen-bond donors (Lipinski definition) is 0. The van der Waals surface area contributed by atoms with Crippen molar-refractivity contribution in [2.24, 2.45) is 0 Å². The van der Waals surface area contributed by atoms with Gasteiger partial charge < -0.3 is 4.90 Å². The molecule has 0 aliphatic carbocycles. The van der Waals surface area contributed by atoms with Crippen LogP contribution in [-0.2, 0) is 10.0 Å². The van der Waals surface area contributed by atoms with Crippen LogP contribution in [-0.4, -0.2) is 80.6 Å². The second kappa shape index (κ2) is 5.68. The molecule has 2 fully saturated rings. The molecule has 6 heteroatoms. The van der Waals surface area contributed by atoms with Crippen molar-refractivity contribution in [2.75, 3.05) is 52.6 Å². The molecule has 0 aromatic carbocycles. The fourth-order valence-corrected chi connectivity index (χ4v) is 4.88. The molecule has 0 saturated carbocycles. The molecule has 0 unspecified atom stereocenters. The van der Waals surface area contributed by atoms with Gasteiger partial charge in [0.15, 0.2) is 0 Å². The molecular weight excluding hydrogens is 262 g/mol. The third-order valence-electron chi connectivity index (χ3n) is 4.70. The summed E-state index contributed by atoms with van der Waals surface area (Å²) in [4.78, 5) is 4.81. The summed E-state index contributed by atoms with van der Waals surface area (Å²) in [6, 6.07) is 0. The number of nitrogens with zero attached hydrogens (tertiary/aromatic N) is 3. The maximum Gasteiger partial charge on any atom is 0.214 e. The molecule has 0 amide bonds. The van der Waals surface area contributed by atoms with Gasteiger partial charge in [0.25, 0.3) is 0 Å². The maximum atomic E-state index is 12.1. The van der Waals surface area contributed by atoms with E-state index < -0.39 is 10.0 Å². The zero-order valence-corrected chi connectivity index (χ0v) is 13.2. The van der Waals surface area contributed by atoms with Gasteiger partial charge in [0.1, 0.15) is 0 Å². The maximum absolute atomic E-state index is 12.1. The normalized spacial score (nSPS) is 26.9. The predicted octanol–water partition coefficient (Wildman–Crippen LogP) is 0.438. The van der Waals surface area contributed by atoms with Gasteiger partial charge in [-0.3, -0.25) is 4.90 Å². The van der Waals surface area contributed by atoms with E-state index in [1.807, 2.05) is 6.92 Å². The van der Waals surface area contributed by atoms with E-state index in [1.54, 1.807) is 4.31 Å². The SMILES string of the molecule is CCCS(=O)(=O)N1CCC2(CC1)CN(C)CCN2C. The van der Waals surface area contributed by atoms with Gasteiger partial charge in [-0.2, -0.15) is 0 Å². The van der Waals surface area contributed by atoms with E-state index >= 15 is 0 Å². The third kappa shape index (κ3) is 3.12. The van der Waals surface area contributed by atoms with Crippen LogP contribution in [0.4, 0.5) is 0 Å². The Morgan fingerprint density at radius 2 is 1.68 bits per heavy atom. The van der Waals surface area contributed by atoms with Crippen LogP contribution < -0.4 is 0 Å². The van der Waals surface area contributed by atoms with Gasteiger partial charge in [0.2, 0.25) is 10.0 Å². The molecular formula is C13H27N3O2S. The van der Waals surface area contributed by atoms with Crippen LogP contribution >= 0.6 is 0 Å². The summed E-state index contributed by atoms with van der Waals surface area (Å²) < 4.78 is 25.9. The Balaban J connectivity index is 2.02. The number of piperazine rings is 1. The summed E-state index contributed by atoms with van der Waals surface area (Å²) >= 11 is 0. The summed E-state index contributed by atoms with van der Waals surface area (Å²) in [5.74, 6) is 0.287. The number of piperidine rings is 1. The molecule has 0 aromatic heterocycles. The van der Waals surface area contributed by atoms with Crippen molar-refractivity contribution >= 4 is 10.0 Å². The molecule has 112 valence electrons. The number of likely N-dealkylation sites (N-methyl/N-ethyl adjacent to an activating group) is 2. The average Bonchev–Trinajstić information content (AvgIpc) is 2.35. The highest BCUT2D eigenvalue weighted by molar-refractivity contribution is 7.89. The minimum absolute atomic E-state index is 0.186. The quantitative estimate of drug-likeness (QED) is 0.756. The summed E-state index contributed by atoms with van der Waals surface area (Å²) in [6.45, 7) is 6.54. The minimum Gasteiger partial charge on any atom is -0.303 e. The lowest BCUT2D eigenvalue weighted by Crippen LogP contribution is -2.64. The van der Waals surface area contributed by atoms with Crippen molar-refractivity contribution in [3.8, 4) is 0 Å². The van der Waals surface area contributed by atoms with E-state index in [2.05, 4.69) is 23.9 Å². The fraction of sp³-hybridized carbons (Fsp3) is 1.00. The van der Waals surface area contributed by atoms with E-state index in [0.29, 0.717) is 19.5 Å². The van der Waals surface area contributed by atoms with E-state index in [-0.39, 0.29) is 11.3 Å². The number of sulfonamides is 1. The highest BCUT2D eigenvalue weighted by Gasteiger charge is 2.43. The van der Waals surface area contributed by atoms with Crippen LogP contribution in [0.3, 0.4) is 0 Å². The zero-order chi connectivity index (χ0) is 14.1. The van der Waals surface area contributed by atoms with Crippen molar-refractivity contribution in [3.05, 3.63) is 0 Å². The van der Waals surface area contributed by atoms with Gasteiger partial charge in [0.05, 0.1) is 5.75 Å². The topological polar surface area (TPSA) is 43.9 Å². The van der Waals surface area contributed by atoms with Gasteiger partial charge in [-0.05, 0) is 33.4 Å². The van der Waals surface area contributed by atoms with Crippen LogP contribution in [0.25, 0.3) is 0 Å². The Labute approximate surface area is 117 Å². The van der Waals surface area contributed by atoms with Crippen molar-refractivity contribution in [3.63, 3.8) is 0 Å². The van der Waals surface area contributed by atoms with Crippen molar-refractivity contribution in [2.45, 2.75) is 31.7 Å². The lowest BCUT2D eigenvalue weighted by Gasteiger charge is -2.52. The van der Waals surface area contributed by atoms with Gasteiger partial charge in [-0.25, -0.2) is 12.7 Å². The summed E-state index contributed by atoms with van der Waals surface area (Å²) in [7, 11) is 1.33. The molecule has 2 aliphatic rings. The molecule has 1 spiro atoms. The molecule has 0 radical (unpaired) electrons. The van der Waals surface area contributed by atoms with Crippen molar-refractivity contribution in [1.82, 2.24) is 14.1 Å². The Morgan fingerprint density at radius 3 is 2.26 bits per heavy atom. The summed E-state index contributed by atoms with van der Waals surface area (Å²) in [6.07, 6.45) is 2.61. The number of rotatable bonds is 3. The molecule has 2 heterocycles. The second-order valence-corrected chi connectivity index (χ2v) is 8.19. The first-order chi connectivity index (χ1) is 8.89. The Morgan fingerprint density at radius 1 is 1.05 bits per heavy atom. The van der Waals surface area contributed by atoms with Crippen molar-refractivity contribution in [1.29, 1.82) is 0 Å². The first kappa shape index (κ1) is 15.2. The van der Waals surface area contributed by atoms with E-state index in [1.165, 1.54) is 0 Å². The Kier molecular flexibility index (Phi) is 4.55. The Hall–Kier alpha value is -0.170. The standard InChI is InChI=1S/C13H27N3O2S/c1-4-11-19(17,18)16-7-5-13(6-8-16)12-14(2)9-10-15(13)3/h4-12H2,1-3H3. The smallest absolute Gasteiger partial charge is 0.214 e. The lowest BCUT2D eigenvalue weighted by molar-refractivity contribution is -0.00627. The molecule has 2 saturated heterocycles. The van der Waals surface area contributed by atoms with Crippen LogP contribution in [0.2, 0.25) is 0 Å². The largest absolute Gasteiger partial charge is 0.303 e. The van der Waals surface area contributed by atoms with Gasteiger partial charge >= 0.3 is 0 Å². The Bertz CT molecular complexity index is 402. The minimum atomic E-state index is -3.02. The van der Waals surface area contributed by atoms with Gasteiger partial charge in [-0.1, -0.05) is 6.92 Å². The molecule has 0 bridgehead atoms. The van der Waals surface area contributed by atoms with Gasteiger partial charge in [-0.15, -0.1) is 0 Å². The second-order valence-electron chi connectivity index (χ2n) is 6.10. The average molecular weight is 289 g/mol. The van der Waals surface area contributed by atoms with E-state index in [4.69, 9.17) is 0 Å².